The van der Waals surface area contributed by atoms with E-state index in [0.29, 0.717) is 11.8 Å². The summed E-state index contributed by atoms with van der Waals surface area (Å²) >= 11 is 5.13. The molecule has 3 aromatic rings. The first kappa shape index (κ1) is 16.0. The third kappa shape index (κ3) is 3.23. The average Bonchev–Trinajstić information content (AvgIpc) is 2.89. The van der Waals surface area contributed by atoms with Gasteiger partial charge in [-0.1, -0.05) is 0 Å². The minimum Gasteiger partial charge on any atom is -0.336 e. The van der Waals surface area contributed by atoms with Crippen molar-refractivity contribution in [2.75, 3.05) is 5.32 Å². The Balaban J connectivity index is 1.96. The number of aromatic amines is 1. The molecule has 1 heterocycles. The third-order valence-corrected chi connectivity index (χ3v) is 3.51. The summed E-state index contributed by atoms with van der Waals surface area (Å²) in [5, 5.41) is 2.39. The van der Waals surface area contributed by atoms with Gasteiger partial charge in [-0.05, 0) is 48.6 Å². The normalized spacial score (nSPS) is 10.6. The second-order valence-corrected chi connectivity index (χ2v) is 5.29. The van der Waals surface area contributed by atoms with Crippen LogP contribution in [-0.2, 0) is 0 Å². The number of carbonyl (C=O) groups is 1. The average molecular weight is 349 g/mol. The number of hydrogen-bond donors (Lipinski definition) is 2. The standard InChI is InChI=1S/C16H10F3N3OS/c17-9-1-3-13(4-2-9)22-14(8-20-16(22)24)15(23)21-12-6-10(18)5-11(19)7-12/h1-8H,(H,20,24)(H,21,23). The Morgan fingerprint density at radius 2 is 1.62 bits per heavy atom. The van der Waals surface area contributed by atoms with Gasteiger partial charge in [0.2, 0.25) is 0 Å². The van der Waals surface area contributed by atoms with Crippen molar-refractivity contribution < 1.29 is 18.0 Å². The Morgan fingerprint density at radius 3 is 2.25 bits per heavy atom. The van der Waals surface area contributed by atoms with E-state index in [9.17, 15) is 18.0 Å². The number of halogens is 3. The van der Waals surface area contributed by atoms with Gasteiger partial charge in [0.25, 0.3) is 5.91 Å². The van der Waals surface area contributed by atoms with Gasteiger partial charge in [0, 0.05) is 23.6 Å². The van der Waals surface area contributed by atoms with Gasteiger partial charge in [0.05, 0.1) is 0 Å². The Labute approximate surface area is 139 Å². The van der Waals surface area contributed by atoms with E-state index in [2.05, 4.69) is 10.3 Å². The summed E-state index contributed by atoms with van der Waals surface area (Å²) < 4.78 is 41.1. The molecular weight excluding hydrogens is 339 g/mol. The van der Waals surface area contributed by atoms with E-state index >= 15 is 0 Å². The van der Waals surface area contributed by atoms with Crippen molar-refractivity contribution in [1.29, 1.82) is 0 Å². The van der Waals surface area contributed by atoms with Gasteiger partial charge in [-0.2, -0.15) is 0 Å². The van der Waals surface area contributed by atoms with Gasteiger partial charge in [0.1, 0.15) is 23.1 Å². The number of aromatic nitrogens is 2. The largest absolute Gasteiger partial charge is 0.336 e. The highest BCUT2D eigenvalue weighted by atomic mass is 32.1. The predicted molar refractivity (Wildman–Crippen MR) is 85.2 cm³/mol. The van der Waals surface area contributed by atoms with E-state index in [0.717, 1.165) is 12.1 Å². The van der Waals surface area contributed by atoms with Crippen LogP contribution >= 0.6 is 12.2 Å². The Hall–Kier alpha value is -2.87. The molecule has 2 aromatic carbocycles. The van der Waals surface area contributed by atoms with Crippen LogP contribution in [0.5, 0.6) is 0 Å². The van der Waals surface area contributed by atoms with E-state index in [1.54, 1.807) is 0 Å². The molecule has 0 aliphatic carbocycles. The molecule has 24 heavy (non-hydrogen) atoms. The zero-order valence-corrected chi connectivity index (χ0v) is 12.8. The molecule has 4 nitrogen and oxygen atoms in total. The van der Waals surface area contributed by atoms with E-state index in [1.165, 1.54) is 35.0 Å². The lowest BCUT2D eigenvalue weighted by molar-refractivity contribution is 0.102. The van der Waals surface area contributed by atoms with Crippen molar-refractivity contribution in [3.63, 3.8) is 0 Å². The maximum absolute atomic E-state index is 13.2. The smallest absolute Gasteiger partial charge is 0.274 e. The number of carbonyl (C=O) groups excluding carboxylic acids is 1. The molecule has 122 valence electrons. The molecule has 1 aromatic heterocycles. The quantitative estimate of drug-likeness (QED) is 0.696. The van der Waals surface area contributed by atoms with Crippen LogP contribution in [0.2, 0.25) is 0 Å². The first-order valence-corrected chi connectivity index (χ1v) is 7.19. The van der Waals surface area contributed by atoms with Gasteiger partial charge in [-0.25, -0.2) is 13.2 Å². The molecule has 0 spiro atoms. The van der Waals surface area contributed by atoms with Crippen molar-refractivity contribution in [3.05, 3.63) is 76.6 Å². The molecule has 8 heteroatoms. The fourth-order valence-corrected chi connectivity index (χ4v) is 2.47. The van der Waals surface area contributed by atoms with Crippen LogP contribution in [0.1, 0.15) is 10.5 Å². The minimum atomic E-state index is -0.810. The summed E-state index contributed by atoms with van der Waals surface area (Å²) in [7, 11) is 0. The number of amides is 1. The lowest BCUT2D eigenvalue weighted by Gasteiger charge is -2.09. The molecule has 3 rings (SSSR count). The van der Waals surface area contributed by atoms with Crippen LogP contribution in [-0.4, -0.2) is 15.5 Å². The monoisotopic (exact) mass is 349 g/mol. The number of nitrogens with zero attached hydrogens (tertiary/aromatic N) is 1. The molecule has 0 aliphatic heterocycles. The highest BCUT2D eigenvalue weighted by Crippen LogP contribution is 2.17. The molecule has 0 fully saturated rings. The van der Waals surface area contributed by atoms with Crippen LogP contribution in [0, 0.1) is 22.2 Å². The summed E-state index contributed by atoms with van der Waals surface area (Å²) in [4.78, 5) is 15.1. The van der Waals surface area contributed by atoms with Crippen LogP contribution in [0.15, 0.2) is 48.7 Å². The van der Waals surface area contributed by atoms with Crippen molar-refractivity contribution in [2.45, 2.75) is 0 Å². The van der Waals surface area contributed by atoms with Crippen LogP contribution in [0.3, 0.4) is 0 Å². The second-order valence-electron chi connectivity index (χ2n) is 4.90. The molecular formula is C16H10F3N3OS. The zero-order valence-electron chi connectivity index (χ0n) is 12.0. The topological polar surface area (TPSA) is 49.8 Å². The molecule has 2 N–H and O–H groups in total. The molecule has 1 amide bonds. The number of benzene rings is 2. The number of anilines is 1. The molecule has 0 radical (unpaired) electrons. The maximum Gasteiger partial charge on any atom is 0.274 e. The number of nitrogens with one attached hydrogen (secondary N) is 2. The fraction of sp³-hybridized carbons (Fsp3) is 0. The number of imidazole rings is 1. The Kier molecular flexibility index (Phi) is 4.22. The maximum atomic E-state index is 13.2. The van der Waals surface area contributed by atoms with E-state index < -0.39 is 23.4 Å². The molecule has 0 atom stereocenters. The van der Waals surface area contributed by atoms with Crippen molar-refractivity contribution in [2.24, 2.45) is 0 Å². The van der Waals surface area contributed by atoms with E-state index in [1.807, 2.05) is 0 Å². The Morgan fingerprint density at radius 1 is 1.00 bits per heavy atom. The highest BCUT2D eigenvalue weighted by Gasteiger charge is 2.15. The second kappa shape index (κ2) is 6.32. The summed E-state index contributed by atoms with van der Waals surface area (Å²) in [6, 6.07) is 8.05. The zero-order chi connectivity index (χ0) is 17.3. The van der Waals surface area contributed by atoms with Crippen LogP contribution in [0.25, 0.3) is 5.69 Å². The SMILES string of the molecule is O=C(Nc1cc(F)cc(F)c1)c1c[nH]c(=S)n1-c1ccc(F)cc1. The van der Waals surface area contributed by atoms with Gasteiger partial charge < -0.3 is 10.3 Å². The molecule has 0 bridgehead atoms. The summed E-state index contributed by atoms with van der Waals surface area (Å²) in [6.45, 7) is 0. The van der Waals surface area contributed by atoms with Crippen LogP contribution in [0.4, 0.5) is 18.9 Å². The van der Waals surface area contributed by atoms with Crippen molar-refractivity contribution >= 4 is 23.8 Å². The third-order valence-electron chi connectivity index (χ3n) is 3.21. The lowest BCUT2D eigenvalue weighted by atomic mass is 10.2. The summed E-state index contributed by atoms with van der Waals surface area (Å²) in [5.41, 5.74) is 0.546. The van der Waals surface area contributed by atoms with Crippen molar-refractivity contribution in [1.82, 2.24) is 9.55 Å². The number of H-pyrrole nitrogens is 1. The lowest BCUT2D eigenvalue weighted by Crippen LogP contribution is -2.16. The summed E-state index contributed by atoms with van der Waals surface area (Å²) in [5.74, 6) is -2.68. The van der Waals surface area contributed by atoms with E-state index in [-0.39, 0.29) is 16.2 Å². The minimum absolute atomic E-state index is 0.0322. The number of rotatable bonds is 3. The Bertz CT molecular complexity index is 943. The fourth-order valence-electron chi connectivity index (χ4n) is 2.20. The molecule has 0 aliphatic rings. The predicted octanol–water partition coefficient (Wildman–Crippen LogP) is 4.20. The first-order valence-electron chi connectivity index (χ1n) is 6.78. The highest BCUT2D eigenvalue weighted by molar-refractivity contribution is 7.71. The molecule has 0 unspecified atom stereocenters. The van der Waals surface area contributed by atoms with Crippen LogP contribution < -0.4 is 5.32 Å². The van der Waals surface area contributed by atoms with E-state index in [4.69, 9.17) is 12.2 Å². The van der Waals surface area contributed by atoms with Gasteiger partial charge in [-0.15, -0.1) is 0 Å². The van der Waals surface area contributed by atoms with Gasteiger partial charge >= 0.3 is 0 Å². The number of hydrogen-bond acceptors (Lipinski definition) is 2. The molecule has 0 saturated heterocycles. The summed E-state index contributed by atoms with van der Waals surface area (Å²) in [6.07, 6.45) is 1.36. The van der Waals surface area contributed by atoms with Gasteiger partial charge in [0.15, 0.2) is 4.77 Å². The van der Waals surface area contributed by atoms with Crippen molar-refractivity contribution in [3.8, 4) is 5.69 Å². The first-order chi connectivity index (χ1) is 11.4. The van der Waals surface area contributed by atoms with Gasteiger partial charge in [-0.3, -0.25) is 9.36 Å². The molecule has 0 saturated carbocycles.